The number of anilines is 2. The molecule has 0 bridgehead atoms. The lowest BCUT2D eigenvalue weighted by Gasteiger charge is -2.36. The minimum absolute atomic E-state index is 0.0798. The molecule has 0 spiro atoms. The van der Waals surface area contributed by atoms with Gasteiger partial charge in [-0.2, -0.15) is 0 Å². The number of thiocarbonyl (C=S) groups is 1. The third kappa shape index (κ3) is 5.96. The van der Waals surface area contributed by atoms with Crippen molar-refractivity contribution in [1.82, 2.24) is 10.2 Å². The Labute approximate surface area is 219 Å². The predicted molar refractivity (Wildman–Crippen MR) is 143 cm³/mol. The molecule has 0 unspecified atom stereocenters. The molecule has 1 aromatic heterocycles. The van der Waals surface area contributed by atoms with Crippen LogP contribution in [0.3, 0.4) is 0 Å². The van der Waals surface area contributed by atoms with Crippen LogP contribution in [-0.4, -0.2) is 48.0 Å². The minimum Gasteiger partial charge on any atom is -0.451 e. The normalized spacial score (nSPS) is 13.5. The Balaban J connectivity index is 1.35. The van der Waals surface area contributed by atoms with E-state index >= 15 is 0 Å². The zero-order valence-corrected chi connectivity index (χ0v) is 21.6. The van der Waals surface area contributed by atoms with E-state index in [1.165, 1.54) is 0 Å². The molecule has 182 valence electrons. The number of benzene rings is 2. The van der Waals surface area contributed by atoms with E-state index in [4.69, 9.17) is 39.8 Å². The summed E-state index contributed by atoms with van der Waals surface area (Å²) in [6.45, 7) is 6.23. The second-order valence-electron chi connectivity index (χ2n) is 8.20. The van der Waals surface area contributed by atoms with E-state index in [0.29, 0.717) is 47.7 Å². The van der Waals surface area contributed by atoms with Crippen LogP contribution in [0.2, 0.25) is 10.0 Å². The summed E-state index contributed by atoms with van der Waals surface area (Å²) in [6, 6.07) is 14.3. The molecule has 1 aliphatic heterocycles. The Hall–Kier alpha value is -3.07. The summed E-state index contributed by atoms with van der Waals surface area (Å²) in [6.07, 6.45) is 0. The van der Waals surface area contributed by atoms with Crippen LogP contribution in [0.5, 0.6) is 0 Å². The highest BCUT2D eigenvalue weighted by Crippen LogP contribution is 2.30. The highest BCUT2D eigenvalue weighted by molar-refractivity contribution is 7.80. The van der Waals surface area contributed by atoms with Crippen LogP contribution in [-0.2, 0) is 4.79 Å². The maximum absolute atomic E-state index is 12.6. The highest BCUT2D eigenvalue weighted by Gasteiger charge is 2.21. The molecule has 2 amide bonds. The first kappa shape index (κ1) is 25.0. The van der Waals surface area contributed by atoms with Gasteiger partial charge in [-0.25, -0.2) is 0 Å². The number of halogens is 2. The molecule has 0 radical (unpaired) electrons. The standard InChI is InChI=1S/C25H24Cl2N4O3S/c1-15-3-4-17(13-19(15)26)22-7-8-23(34-22)24(33)29-25(35)28-18-5-6-21(20(27)14-18)31-11-9-30(10-12-31)16(2)32/h3-8,13-14H,9-12H2,1-2H3,(H2,28,29,33,35). The van der Waals surface area contributed by atoms with Gasteiger partial charge in [0.05, 0.1) is 10.7 Å². The van der Waals surface area contributed by atoms with E-state index in [1.54, 1.807) is 31.2 Å². The zero-order chi connectivity index (χ0) is 25.1. The summed E-state index contributed by atoms with van der Waals surface area (Å²) in [5, 5.41) is 6.87. The fraction of sp³-hybridized carbons (Fsp3) is 0.240. The van der Waals surface area contributed by atoms with Crippen molar-refractivity contribution in [2.75, 3.05) is 36.4 Å². The van der Waals surface area contributed by atoms with Gasteiger partial charge in [0.25, 0.3) is 5.91 Å². The van der Waals surface area contributed by atoms with Gasteiger partial charge in [0.15, 0.2) is 10.9 Å². The molecule has 3 aromatic rings. The third-order valence-electron chi connectivity index (χ3n) is 5.78. The molecule has 35 heavy (non-hydrogen) atoms. The van der Waals surface area contributed by atoms with Crippen LogP contribution < -0.4 is 15.5 Å². The van der Waals surface area contributed by atoms with Crippen molar-refractivity contribution in [2.24, 2.45) is 0 Å². The number of carbonyl (C=O) groups is 2. The van der Waals surface area contributed by atoms with Crippen LogP contribution in [0, 0.1) is 6.92 Å². The van der Waals surface area contributed by atoms with Gasteiger partial charge in [0, 0.05) is 49.4 Å². The first-order valence-corrected chi connectivity index (χ1v) is 12.2. The van der Waals surface area contributed by atoms with Gasteiger partial charge in [-0.15, -0.1) is 0 Å². The SMILES string of the molecule is CC(=O)N1CCN(c2ccc(NC(=S)NC(=O)c3ccc(-c4ccc(C)c(Cl)c4)o3)cc2Cl)CC1. The summed E-state index contributed by atoms with van der Waals surface area (Å²) < 4.78 is 5.69. The average Bonchev–Trinajstić information content (AvgIpc) is 3.31. The molecule has 4 rings (SSSR count). The van der Waals surface area contributed by atoms with Crippen LogP contribution in [0.15, 0.2) is 52.9 Å². The third-order valence-corrected chi connectivity index (χ3v) is 6.70. The van der Waals surface area contributed by atoms with Crippen molar-refractivity contribution >= 4 is 63.7 Å². The van der Waals surface area contributed by atoms with Gasteiger partial charge in [-0.3, -0.25) is 14.9 Å². The maximum atomic E-state index is 12.6. The Morgan fingerprint density at radius 1 is 0.971 bits per heavy atom. The summed E-state index contributed by atoms with van der Waals surface area (Å²) in [5.41, 5.74) is 3.26. The Bertz CT molecular complexity index is 1290. The van der Waals surface area contributed by atoms with Crippen LogP contribution in [0.25, 0.3) is 11.3 Å². The van der Waals surface area contributed by atoms with E-state index in [1.807, 2.05) is 36.1 Å². The molecule has 1 aliphatic rings. The van der Waals surface area contributed by atoms with Crippen molar-refractivity contribution in [2.45, 2.75) is 13.8 Å². The zero-order valence-electron chi connectivity index (χ0n) is 19.2. The first-order chi connectivity index (χ1) is 16.7. The van der Waals surface area contributed by atoms with Gasteiger partial charge in [-0.05, 0) is 61.1 Å². The number of furan rings is 1. The van der Waals surface area contributed by atoms with E-state index in [9.17, 15) is 9.59 Å². The number of amides is 2. The predicted octanol–water partition coefficient (Wildman–Crippen LogP) is 5.36. The Kier molecular flexibility index (Phi) is 7.64. The molecule has 2 aromatic carbocycles. The fourth-order valence-electron chi connectivity index (χ4n) is 3.79. The lowest BCUT2D eigenvalue weighted by Crippen LogP contribution is -2.48. The summed E-state index contributed by atoms with van der Waals surface area (Å²) in [7, 11) is 0. The number of piperazine rings is 1. The van der Waals surface area contributed by atoms with Gasteiger partial charge in [0.1, 0.15) is 5.76 Å². The lowest BCUT2D eigenvalue weighted by molar-refractivity contribution is -0.129. The van der Waals surface area contributed by atoms with Crippen molar-refractivity contribution in [1.29, 1.82) is 0 Å². The summed E-state index contributed by atoms with van der Waals surface area (Å²) >= 11 is 18.0. The Morgan fingerprint density at radius 3 is 2.37 bits per heavy atom. The second kappa shape index (κ2) is 10.7. The Morgan fingerprint density at radius 2 is 1.71 bits per heavy atom. The molecule has 7 nitrogen and oxygen atoms in total. The smallest absolute Gasteiger partial charge is 0.293 e. The number of hydrogen-bond donors (Lipinski definition) is 2. The average molecular weight is 531 g/mol. The molecule has 1 fully saturated rings. The van der Waals surface area contributed by atoms with Crippen LogP contribution in [0.1, 0.15) is 23.0 Å². The summed E-state index contributed by atoms with van der Waals surface area (Å²) in [4.78, 5) is 28.1. The molecule has 0 saturated carbocycles. The molecular formula is C25H24Cl2N4O3S. The number of carbonyl (C=O) groups excluding carboxylic acids is 2. The monoisotopic (exact) mass is 530 g/mol. The summed E-state index contributed by atoms with van der Waals surface area (Å²) in [5.74, 6) is 0.260. The molecular weight excluding hydrogens is 507 g/mol. The highest BCUT2D eigenvalue weighted by atomic mass is 35.5. The van der Waals surface area contributed by atoms with E-state index in [0.717, 1.165) is 16.8 Å². The van der Waals surface area contributed by atoms with Crippen LogP contribution >= 0.6 is 35.4 Å². The van der Waals surface area contributed by atoms with Gasteiger partial charge < -0.3 is 19.5 Å². The van der Waals surface area contributed by atoms with Crippen molar-refractivity contribution in [3.63, 3.8) is 0 Å². The number of aryl methyl sites for hydroxylation is 1. The lowest BCUT2D eigenvalue weighted by atomic mass is 10.1. The molecule has 0 atom stereocenters. The van der Waals surface area contributed by atoms with E-state index < -0.39 is 5.91 Å². The second-order valence-corrected chi connectivity index (χ2v) is 9.42. The number of nitrogens with one attached hydrogen (secondary N) is 2. The van der Waals surface area contributed by atoms with Gasteiger partial charge in [-0.1, -0.05) is 35.3 Å². The molecule has 2 heterocycles. The largest absolute Gasteiger partial charge is 0.451 e. The van der Waals surface area contributed by atoms with Gasteiger partial charge >= 0.3 is 0 Å². The van der Waals surface area contributed by atoms with Crippen molar-refractivity contribution in [3.8, 4) is 11.3 Å². The molecule has 10 heteroatoms. The fourth-order valence-corrected chi connectivity index (χ4v) is 4.48. The number of hydrogen-bond acceptors (Lipinski definition) is 5. The van der Waals surface area contributed by atoms with E-state index in [2.05, 4.69) is 15.5 Å². The van der Waals surface area contributed by atoms with Crippen molar-refractivity contribution < 1.29 is 14.0 Å². The topological polar surface area (TPSA) is 77.8 Å². The molecule has 1 saturated heterocycles. The maximum Gasteiger partial charge on any atom is 0.293 e. The molecule has 2 N–H and O–H groups in total. The number of rotatable bonds is 4. The quantitative estimate of drug-likeness (QED) is 0.442. The van der Waals surface area contributed by atoms with Gasteiger partial charge in [0.2, 0.25) is 5.91 Å². The minimum atomic E-state index is -0.474. The van der Waals surface area contributed by atoms with E-state index in [-0.39, 0.29) is 16.8 Å². The van der Waals surface area contributed by atoms with Crippen LogP contribution in [0.4, 0.5) is 11.4 Å². The molecule has 0 aliphatic carbocycles. The number of nitrogens with zero attached hydrogens (tertiary/aromatic N) is 2. The van der Waals surface area contributed by atoms with Crippen molar-refractivity contribution in [3.05, 3.63) is 69.9 Å². The first-order valence-electron chi connectivity index (χ1n) is 11.0.